The summed E-state index contributed by atoms with van der Waals surface area (Å²) in [6, 6.07) is 6.55. The van der Waals surface area contributed by atoms with Crippen LogP contribution in [0.1, 0.15) is 50.7 Å². The Morgan fingerprint density at radius 3 is 2.89 bits per heavy atom. The monoisotopic (exact) mass is 248 g/mol. The zero-order valence-corrected chi connectivity index (χ0v) is 11.6. The van der Waals surface area contributed by atoms with Crippen LogP contribution in [0.15, 0.2) is 18.2 Å². The van der Waals surface area contributed by atoms with Gasteiger partial charge in [-0.2, -0.15) is 4.89 Å². The molecule has 0 spiro atoms. The third-order valence-electron chi connectivity index (χ3n) is 3.48. The summed E-state index contributed by atoms with van der Waals surface area (Å²) in [6.45, 7) is 5.25. The normalized spacial score (nSPS) is 14.4. The van der Waals surface area contributed by atoms with Crippen molar-refractivity contribution in [1.29, 1.82) is 0 Å². The van der Waals surface area contributed by atoms with Gasteiger partial charge in [0.05, 0.1) is 6.61 Å². The first-order chi connectivity index (χ1) is 8.75. The molecule has 0 amide bonds. The zero-order chi connectivity index (χ0) is 12.8. The average Bonchev–Trinajstić information content (AvgIpc) is 2.38. The summed E-state index contributed by atoms with van der Waals surface area (Å²) in [6.07, 6.45) is 7.40. The van der Waals surface area contributed by atoms with E-state index in [4.69, 9.17) is 9.78 Å². The second-order valence-corrected chi connectivity index (χ2v) is 5.59. The van der Waals surface area contributed by atoms with Crippen molar-refractivity contribution < 1.29 is 9.78 Å². The summed E-state index contributed by atoms with van der Waals surface area (Å²) in [5.41, 5.74) is 2.63. The molecule has 1 aromatic carbocycles. The number of fused-ring (bicyclic) bond motifs is 1. The van der Waals surface area contributed by atoms with E-state index in [0.717, 1.165) is 24.5 Å². The Labute approximate surface area is 110 Å². The second-order valence-electron chi connectivity index (χ2n) is 5.59. The Morgan fingerprint density at radius 2 is 2.06 bits per heavy atom. The molecule has 100 valence electrons. The largest absolute Gasteiger partial charge is 0.337 e. The quantitative estimate of drug-likeness (QED) is 0.551. The smallest absolute Gasteiger partial charge is 0.168 e. The molecule has 0 saturated carbocycles. The standard InChI is InChI=1S/C16H24O2/c1-13(2)6-4-3-5-7-14-8-9-15-10-11-17-18-16(15)12-14/h8-9,12-13H,3-7,10-11H2,1-2H3. The van der Waals surface area contributed by atoms with Gasteiger partial charge in [-0.05, 0) is 30.4 Å². The highest BCUT2D eigenvalue weighted by atomic mass is 17.2. The van der Waals surface area contributed by atoms with Crippen molar-refractivity contribution in [2.24, 2.45) is 5.92 Å². The zero-order valence-electron chi connectivity index (χ0n) is 11.6. The summed E-state index contributed by atoms with van der Waals surface area (Å²) in [5.74, 6) is 1.75. The molecule has 0 atom stereocenters. The maximum absolute atomic E-state index is 5.22. The van der Waals surface area contributed by atoms with Gasteiger partial charge in [0.25, 0.3) is 0 Å². The van der Waals surface area contributed by atoms with E-state index in [1.807, 2.05) is 0 Å². The van der Waals surface area contributed by atoms with Gasteiger partial charge in [-0.25, -0.2) is 0 Å². The molecule has 0 unspecified atom stereocenters. The maximum atomic E-state index is 5.22. The summed E-state index contributed by atoms with van der Waals surface area (Å²) in [4.78, 5) is 10.2. The van der Waals surface area contributed by atoms with Gasteiger partial charge in [0.15, 0.2) is 5.75 Å². The van der Waals surface area contributed by atoms with Crippen molar-refractivity contribution in [1.82, 2.24) is 0 Å². The molecule has 0 bridgehead atoms. The van der Waals surface area contributed by atoms with Crippen LogP contribution in [0.5, 0.6) is 5.75 Å². The van der Waals surface area contributed by atoms with E-state index in [9.17, 15) is 0 Å². The van der Waals surface area contributed by atoms with Crippen LogP contribution in [-0.2, 0) is 17.7 Å². The highest BCUT2D eigenvalue weighted by molar-refractivity contribution is 5.38. The Bertz CT molecular complexity index is 371. The molecule has 1 aliphatic rings. The molecule has 2 heteroatoms. The number of unbranched alkanes of at least 4 members (excludes halogenated alkanes) is 2. The molecule has 1 heterocycles. The minimum Gasteiger partial charge on any atom is -0.337 e. The van der Waals surface area contributed by atoms with E-state index in [0.29, 0.717) is 6.61 Å². The highest BCUT2D eigenvalue weighted by Crippen LogP contribution is 2.25. The van der Waals surface area contributed by atoms with Crippen molar-refractivity contribution in [3.8, 4) is 5.75 Å². The van der Waals surface area contributed by atoms with Crippen LogP contribution in [-0.4, -0.2) is 6.61 Å². The molecule has 18 heavy (non-hydrogen) atoms. The van der Waals surface area contributed by atoms with E-state index in [1.54, 1.807) is 0 Å². The van der Waals surface area contributed by atoms with Crippen LogP contribution in [0.2, 0.25) is 0 Å². The Kier molecular flexibility index (Phi) is 5.06. The van der Waals surface area contributed by atoms with E-state index < -0.39 is 0 Å². The fourth-order valence-corrected chi connectivity index (χ4v) is 2.35. The second kappa shape index (κ2) is 6.79. The maximum Gasteiger partial charge on any atom is 0.168 e. The Hall–Kier alpha value is -1.02. The summed E-state index contributed by atoms with van der Waals surface area (Å²) >= 11 is 0. The lowest BCUT2D eigenvalue weighted by atomic mass is 10.0. The van der Waals surface area contributed by atoms with Crippen molar-refractivity contribution in [3.05, 3.63) is 29.3 Å². The molecule has 0 radical (unpaired) electrons. The fourth-order valence-electron chi connectivity index (χ4n) is 2.35. The molecule has 0 aromatic heterocycles. The minimum absolute atomic E-state index is 0.668. The van der Waals surface area contributed by atoms with Gasteiger partial charge in [0.1, 0.15) is 0 Å². The number of hydrogen-bond donors (Lipinski definition) is 0. The van der Waals surface area contributed by atoms with Crippen LogP contribution in [0.3, 0.4) is 0 Å². The molecule has 1 aliphatic heterocycles. The van der Waals surface area contributed by atoms with E-state index in [-0.39, 0.29) is 0 Å². The first-order valence-electron chi connectivity index (χ1n) is 7.17. The van der Waals surface area contributed by atoms with Gasteiger partial charge in [0.2, 0.25) is 0 Å². The lowest BCUT2D eigenvalue weighted by Crippen LogP contribution is -2.11. The van der Waals surface area contributed by atoms with E-state index in [1.165, 1.54) is 36.8 Å². The van der Waals surface area contributed by atoms with Gasteiger partial charge in [0, 0.05) is 12.0 Å². The topological polar surface area (TPSA) is 18.5 Å². The van der Waals surface area contributed by atoms with Crippen molar-refractivity contribution in [2.45, 2.75) is 52.4 Å². The number of hydrogen-bond acceptors (Lipinski definition) is 2. The Balaban J connectivity index is 1.76. The fraction of sp³-hybridized carbons (Fsp3) is 0.625. The van der Waals surface area contributed by atoms with Crippen LogP contribution in [0.4, 0.5) is 0 Å². The molecule has 0 saturated heterocycles. The summed E-state index contributed by atoms with van der Waals surface area (Å²) in [5, 5.41) is 0. The van der Waals surface area contributed by atoms with Gasteiger partial charge in [-0.3, -0.25) is 0 Å². The van der Waals surface area contributed by atoms with Crippen molar-refractivity contribution in [3.63, 3.8) is 0 Å². The highest BCUT2D eigenvalue weighted by Gasteiger charge is 2.11. The third kappa shape index (κ3) is 4.02. The first-order valence-corrected chi connectivity index (χ1v) is 7.17. The molecule has 1 aromatic rings. The van der Waals surface area contributed by atoms with Gasteiger partial charge >= 0.3 is 0 Å². The van der Waals surface area contributed by atoms with Crippen molar-refractivity contribution >= 4 is 0 Å². The van der Waals surface area contributed by atoms with Crippen LogP contribution in [0, 0.1) is 5.92 Å². The van der Waals surface area contributed by atoms with Crippen LogP contribution in [0.25, 0.3) is 0 Å². The first kappa shape index (κ1) is 13.4. The lowest BCUT2D eigenvalue weighted by Gasteiger charge is -2.16. The molecular formula is C16H24O2. The lowest BCUT2D eigenvalue weighted by molar-refractivity contribution is -0.215. The number of rotatable bonds is 6. The van der Waals surface area contributed by atoms with Gasteiger partial charge < -0.3 is 4.89 Å². The van der Waals surface area contributed by atoms with Gasteiger partial charge in [-0.15, -0.1) is 0 Å². The molecule has 0 aliphatic carbocycles. The molecular weight excluding hydrogens is 224 g/mol. The van der Waals surface area contributed by atoms with Crippen molar-refractivity contribution in [2.75, 3.05) is 6.61 Å². The summed E-state index contributed by atoms with van der Waals surface area (Å²) in [7, 11) is 0. The van der Waals surface area contributed by atoms with E-state index >= 15 is 0 Å². The van der Waals surface area contributed by atoms with Gasteiger partial charge in [-0.1, -0.05) is 45.2 Å². The third-order valence-corrected chi connectivity index (χ3v) is 3.48. The molecule has 2 nitrogen and oxygen atoms in total. The minimum atomic E-state index is 0.668. The van der Waals surface area contributed by atoms with E-state index in [2.05, 4.69) is 32.0 Å². The van der Waals surface area contributed by atoms with Crippen LogP contribution >= 0.6 is 0 Å². The predicted octanol–water partition coefficient (Wildman–Crippen LogP) is 4.31. The number of benzene rings is 1. The predicted molar refractivity (Wildman–Crippen MR) is 73.7 cm³/mol. The number of aryl methyl sites for hydroxylation is 1. The summed E-state index contributed by atoms with van der Waals surface area (Å²) < 4.78 is 0. The Morgan fingerprint density at radius 1 is 1.17 bits per heavy atom. The SMILES string of the molecule is CC(C)CCCCCc1ccc2c(c1)OOCC2. The molecule has 0 fully saturated rings. The molecule has 0 N–H and O–H groups in total. The molecule has 2 rings (SSSR count). The van der Waals surface area contributed by atoms with Crippen LogP contribution < -0.4 is 4.89 Å². The average molecular weight is 248 g/mol.